The Bertz CT molecular complexity index is 321. The molecular weight excluding hydrogens is 268 g/mol. The van der Waals surface area contributed by atoms with E-state index in [1.165, 1.54) is 31.6 Å². The molecule has 0 bridgehead atoms. The van der Waals surface area contributed by atoms with Gasteiger partial charge in [-0.1, -0.05) is 38.3 Å². The molecule has 0 aliphatic rings. The number of ether oxygens (including phenoxy) is 2. The van der Waals surface area contributed by atoms with Crippen LogP contribution in [0.2, 0.25) is 0 Å². The molecule has 4 nitrogen and oxygen atoms in total. The van der Waals surface area contributed by atoms with Crippen LogP contribution in [0.15, 0.2) is 24.5 Å². The Labute approximate surface area is 128 Å². The third kappa shape index (κ3) is 13.2. The zero-order valence-electron chi connectivity index (χ0n) is 13.3. The first-order chi connectivity index (χ1) is 10.2. The van der Waals surface area contributed by atoms with Gasteiger partial charge in [0.1, 0.15) is 12.4 Å². The second-order valence-electron chi connectivity index (χ2n) is 4.77. The van der Waals surface area contributed by atoms with Crippen LogP contribution in [0, 0.1) is 0 Å². The van der Waals surface area contributed by atoms with Gasteiger partial charge in [0.25, 0.3) is 0 Å². The Morgan fingerprint density at radius 1 is 1.14 bits per heavy atom. The first-order valence-electron chi connectivity index (χ1n) is 7.81. The number of unbranched alkanes of at least 4 members (excludes halogenated alkanes) is 3. The highest BCUT2D eigenvalue weighted by Crippen LogP contribution is 2.12. The summed E-state index contributed by atoms with van der Waals surface area (Å²) in [5.74, 6) is -0.390. The molecule has 0 aliphatic carbocycles. The SMILES string of the molecule is CCCCCC[C@H](C/C=C/CC=O)O/C=C/C(=O)OCC. The Hall–Kier alpha value is -1.58. The minimum atomic E-state index is -0.390. The lowest BCUT2D eigenvalue weighted by Crippen LogP contribution is -2.09. The van der Waals surface area contributed by atoms with Crippen LogP contribution < -0.4 is 0 Å². The predicted octanol–water partition coefficient (Wildman–Crippen LogP) is 3.95. The van der Waals surface area contributed by atoms with E-state index in [1.54, 1.807) is 6.92 Å². The van der Waals surface area contributed by atoms with Crippen molar-refractivity contribution >= 4 is 12.3 Å². The lowest BCUT2D eigenvalue weighted by atomic mass is 10.1. The minimum Gasteiger partial charge on any atom is -0.497 e. The molecule has 0 radical (unpaired) electrons. The number of aldehydes is 1. The van der Waals surface area contributed by atoms with Gasteiger partial charge in [0.2, 0.25) is 0 Å². The molecule has 0 heterocycles. The Morgan fingerprint density at radius 2 is 1.95 bits per heavy atom. The molecule has 0 saturated heterocycles. The summed E-state index contributed by atoms with van der Waals surface area (Å²) < 4.78 is 10.4. The van der Waals surface area contributed by atoms with E-state index in [0.717, 1.165) is 25.5 Å². The van der Waals surface area contributed by atoms with E-state index in [2.05, 4.69) is 6.92 Å². The molecule has 120 valence electrons. The highest BCUT2D eigenvalue weighted by molar-refractivity contribution is 5.81. The molecule has 0 unspecified atom stereocenters. The van der Waals surface area contributed by atoms with Gasteiger partial charge in [-0.3, -0.25) is 0 Å². The minimum absolute atomic E-state index is 0.0374. The van der Waals surface area contributed by atoms with Gasteiger partial charge >= 0.3 is 5.97 Å². The predicted molar refractivity (Wildman–Crippen MR) is 83.8 cm³/mol. The van der Waals surface area contributed by atoms with Crippen LogP contribution in [0.3, 0.4) is 0 Å². The quantitative estimate of drug-likeness (QED) is 0.129. The van der Waals surface area contributed by atoms with Crippen LogP contribution in [-0.2, 0) is 19.1 Å². The van der Waals surface area contributed by atoms with Gasteiger partial charge < -0.3 is 14.3 Å². The molecule has 0 fully saturated rings. The lowest BCUT2D eigenvalue weighted by molar-refractivity contribution is -0.137. The highest BCUT2D eigenvalue weighted by Gasteiger charge is 2.06. The van der Waals surface area contributed by atoms with Crippen molar-refractivity contribution in [1.82, 2.24) is 0 Å². The summed E-state index contributed by atoms with van der Waals surface area (Å²) in [5.41, 5.74) is 0. The molecular formula is C17H28O4. The third-order valence-corrected chi connectivity index (χ3v) is 2.94. The molecule has 0 amide bonds. The van der Waals surface area contributed by atoms with E-state index >= 15 is 0 Å². The second kappa shape index (κ2) is 14.8. The van der Waals surface area contributed by atoms with Gasteiger partial charge in [-0.25, -0.2) is 4.79 Å². The average molecular weight is 296 g/mol. The number of allylic oxidation sites excluding steroid dienone is 1. The van der Waals surface area contributed by atoms with E-state index in [4.69, 9.17) is 9.47 Å². The molecule has 0 saturated carbocycles. The van der Waals surface area contributed by atoms with Gasteiger partial charge in [0.15, 0.2) is 0 Å². The average Bonchev–Trinajstić information content (AvgIpc) is 2.47. The Kier molecular flexibility index (Phi) is 13.7. The summed E-state index contributed by atoms with van der Waals surface area (Å²) in [6, 6.07) is 0. The summed E-state index contributed by atoms with van der Waals surface area (Å²) in [6.07, 6.45) is 14.3. The molecule has 0 aliphatic heterocycles. The molecule has 0 N–H and O–H groups in total. The maximum absolute atomic E-state index is 11.2. The van der Waals surface area contributed by atoms with E-state index < -0.39 is 5.97 Å². The van der Waals surface area contributed by atoms with Crippen molar-refractivity contribution in [2.75, 3.05) is 6.61 Å². The van der Waals surface area contributed by atoms with Crippen LogP contribution in [0.1, 0.15) is 58.8 Å². The van der Waals surface area contributed by atoms with Gasteiger partial charge in [-0.2, -0.15) is 0 Å². The first kappa shape index (κ1) is 19.4. The summed E-state index contributed by atoms with van der Waals surface area (Å²) in [4.78, 5) is 21.4. The van der Waals surface area contributed by atoms with E-state index in [9.17, 15) is 9.59 Å². The van der Waals surface area contributed by atoms with Gasteiger partial charge in [-0.15, -0.1) is 0 Å². The summed E-state index contributed by atoms with van der Waals surface area (Å²) in [5, 5.41) is 0. The van der Waals surface area contributed by atoms with Crippen molar-refractivity contribution < 1.29 is 19.1 Å². The van der Waals surface area contributed by atoms with Crippen molar-refractivity contribution in [3.05, 3.63) is 24.5 Å². The maximum Gasteiger partial charge on any atom is 0.333 e. The molecule has 0 aromatic carbocycles. The van der Waals surface area contributed by atoms with Crippen LogP contribution in [0.25, 0.3) is 0 Å². The largest absolute Gasteiger partial charge is 0.497 e. The Morgan fingerprint density at radius 3 is 2.62 bits per heavy atom. The fourth-order valence-electron chi connectivity index (χ4n) is 1.84. The number of carbonyl (C=O) groups excluding carboxylic acids is 2. The fraction of sp³-hybridized carbons (Fsp3) is 0.647. The monoisotopic (exact) mass is 296 g/mol. The van der Waals surface area contributed by atoms with Crippen molar-refractivity contribution in [2.45, 2.75) is 64.9 Å². The highest BCUT2D eigenvalue weighted by atomic mass is 16.5. The van der Waals surface area contributed by atoms with Crippen molar-refractivity contribution in [1.29, 1.82) is 0 Å². The van der Waals surface area contributed by atoms with Crippen LogP contribution in [0.4, 0.5) is 0 Å². The standard InChI is InChI=1S/C17H28O4/c1-3-5-6-8-11-16(12-9-7-10-14-18)21-15-13-17(19)20-4-2/h7,9,13-16H,3-6,8,10-12H2,1-2H3/b9-7+,15-13+/t16-/m1/s1. The number of hydrogen-bond donors (Lipinski definition) is 0. The topological polar surface area (TPSA) is 52.6 Å². The number of hydrogen-bond acceptors (Lipinski definition) is 4. The molecule has 0 aromatic heterocycles. The molecule has 1 atom stereocenters. The van der Waals surface area contributed by atoms with Gasteiger partial charge in [0, 0.05) is 12.8 Å². The number of rotatable bonds is 13. The zero-order chi connectivity index (χ0) is 15.8. The number of esters is 1. The smallest absolute Gasteiger partial charge is 0.333 e. The molecule has 0 spiro atoms. The summed E-state index contributed by atoms with van der Waals surface area (Å²) in [6.45, 7) is 4.30. The van der Waals surface area contributed by atoms with Crippen molar-refractivity contribution in [3.8, 4) is 0 Å². The summed E-state index contributed by atoms with van der Waals surface area (Å²) >= 11 is 0. The van der Waals surface area contributed by atoms with E-state index in [-0.39, 0.29) is 6.10 Å². The molecule has 21 heavy (non-hydrogen) atoms. The summed E-state index contributed by atoms with van der Waals surface area (Å²) in [7, 11) is 0. The van der Waals surface area contributed by atoms with Gasteiger partial charge in [0.05, 0.1) is 18.9 Å². The Balaban J connectivity index is 4.15. The van der Waals surface area contributed by atoms with E-state index in [1.807, 2.05) is 12.2 Å². The second-order valence-corrected chi connectivity index (χ2v) is 4.77. The fourth-order valence-corrected chi connectivity index (χ4v) is 1.84. The third-order valence-electron chi connectivity index (χ3n) is 2.94. The normalized spacial score (nSPS) is 12.7. The van der Waals surface area contributed by atoms with E-state index in [0.29, 0.717) is 13.0 Å². The van der Waals surface area contributed by atoms with Crippen LogP contribution in [0.5, 0.6) is 0 Å². The lowest BCUT2D eigenvalue weighted by Gasteiger charge is -2.14. The first-order valence-corrected chi connectivity index (χ1v) is 7.81. The maximum atomic E-state index is 11.2. The van der Waals surface area contributed by atoms with Gasteiger partial charge in [-0.05, 0) is 19.8 Å². The molecule has 0 rings (SSSR count). The zero-order valence-corrected chi connectivity index (χ0v) is 13.3. The molecule has 4 heteroatoms. The molecule has 0 aromatic rings. The van der Waals surface area contributed by atoms with Crippen LogP contribution in [-0.4, -0.2) is 25.0 Å². The van der Waals surface area contributed by atoms with Crippen LogP contribution >= 0.6 is 0 Å². The number of carbonyl (C=O) groups is 2. The van der Waals surface area contributed by atoms with Crippen molar-refractivity contribution in [3.63, 3.8) is 0 Å². The van der Waals surface area contributed by atoms with Crippen molar-refractivity contribution in [2.24, 2.45) is 0 Å².